The van der Waals surface area contributed by atoms with Crippen molar-refractivity contribution < 1.29 is 0 Å². The Kier molecular flexibility index (Phi) is 3.52. The average Bonchev–Trinajstić information content (AvgIpc) is 2.51. The molecule has 2 N–H and O–H groups in total. The van der Waals surface area contributed by atoms with Crippen molar-refractivity contribution in [2.45, 2.75) is 38.9 Å². The van der Waals surface area contributed by atoms with E-state index in [-0.39, 0.29) is 11.6 Å². The molecule has 15 heavy (non-hydrogen) atoms. The molecule has 4 heteroatoms. The Morgan fingerprint density at radius 3 is 2.60 bits per heavy atom. The molecule has 0 fully saturated rings. The molecule has 1 heterocycles. The van der Waals surface area contributed by atoms with Crippen molar-refractivity contribution in [2.24, 2.45) is 5.73 Å². The lowest BCUT2D eigenvalue weighted by Gasteiger charge is -2.33. The predicted octanol–water partition coefficient (Wildman–Crippen LogP) is 1.24. The Morgan fingerprint density at radius 2 is 2.13 bits per heavy atom. The fourth-order valence-electron chi connectivity index (χ4n) is 1.40. The van der Waals surface area contributed by atoms with E-state index in [1.54, 1.807) is 0 Å². The zero-order chi connectivity index (χ0) is 11.6. The number of rotatable bonds is 4. The van der Waals surface area contributed by atoms with Gasteiger partial charge in [-0.2, -0.15) is 0 Å². The molecule has 1 rings (SSSR count). The van der Waals surface area contributed by atoms with Gasteiger partial charge in [-0.3, -0.25) is 0 Å². The van der Waals surface area contributed by atoms with Gasteiger partial charge < -0.3 is 15.2 Å². The first-order valence-corrected chi connectivity index (χ1v) is 5.27. The fraction of sp³-hybridized carbons (Fsp3) is 0.727. The van der Waals surface area contributed by atoms with E-state index in [2.05, 4.69) is 42.4 Å². The molecule has 4 nitrogen and oxygen atoms in total. The van der Waals surface area contributed by atoms with Crippen molar-refractivity contribution in [3.8, 4) is 0 Å². The maximum atomic E-state index is 5.88. The second-order valence-electron chi connectivity index (χ2n) is 4.94. The molecule has 86 valence electrons. The molecular formula is C11H22N4. The molecule has 0 spiro atoms. The van der Waals surface area contributed by atoms with Gasteiger partial charge in [0.15, 0.2) is 0 Å². The van der Waals surface area contributed by atoms with Crippen molar-refractivity contribution in [1.82, 2.24) is 14.5 Å². The molecule has 0 saturated heterocycles. The van der Waals surface area contributed by atoms with Gasteiger partial charge in [0.05, 0.1) is 12.0 Å². The largest absolute Gasteiger partial charge is 0.331 e. The molecule has 0 aliphatic carbocycles. The number of hydrogen-bond donors (Lipinski definition) is 1. The third kappa shape index (κ3) is 2.79. The van der Waals surface area contributed by atoms with Crippen molar-refractivity contribution in [3.05, 3.63) is 18.2 Å². The summed E-state index contributed by atoms with van der Waals surface area (Å²) >= 11 is 0. The summed E-state index contributed by atoms with van der Waals surface area (Å²) in [6.07, 6.45) is 3.69. The summed E-state index contributed by atoms with van der Waals surface area (Å²) in [5, 5.41) is 0. The minimum atomic E-state index is 0.0328. The quantitative estimate of drug-likeness (QED) is 0.813. The highest BCUT2D eigenvalue weighted by molar-refractivity contribution is 5.04. The number of hydrogen-bond acceptors (Lipinski definition) is 3. The van der Waals surface area contributed by atoms with Crippen LogP contribution >= 0.6 is 0 Å². The zero-order valence-corrected chi connectivity index (χ0v) is 10.4. The van der Waals surface area contributed by atoms with Crippen LogP contribution in [0.5, 0.6) is 0 Å². The van der Waals surface area contributed by atoms with Crippen molar-refractivity contribution >= 4 is 0 Å². The highest BCUT2D eigenvalue weighted by atomic mass is 15.2. The van der Waals surface area contributed by atoms with Gasteiger partial charge in [-0.15, -0.1) is 0 Å². The van der Waals surface area contributed by atoms with Crippen molar-refractivity contribution in [2.75, 3.05) is 14.1 Å². The van der Waals surface area contributed by atoms with Gasteiger partial charge in [-0.05, 0) is 34.9 Å². The van der Waals surface area contributed by atoms with Crippen LogP contribution in [0.1, 0.15) is 32.5 Å². The molecule has 1 atom stereocenters. The van der Waals surface area contributed by atoms with E-state index in [0.717, 1.165) is 12.2 Å². The second kappa shape index (κ2) is 4.33. The molecule has 0 radical (unpaired) electrons. The first kappa shape index (κ1) is 12.2. The maximum Gasteiger partial charge on any atom is 0.0949 e. The van der Waals surface area contributed by atoms with Crippen LogP contribution in [-0.4, -0.2) is 34.1 Å². The number of nitrogens with two attached hydrogens (primary N) is 1. The molecule has 0 aliphatic heterocycles. The summed E-state index contributed by atoms with van der Waals surface area (Å²) in [4.78, 5) is 6.36. The van der Waals surface area contributed by atoms with Crippen LogP contribution in [0.15, 0.2) is 12.5 Å². The van der Waals surface area contributed by atoms with Crippen LogP contribution in [0.2, 0.25) is 0 Å². The molecular weight excluding hydrogens is 188 g/mol. The van der Waals surface area contributed by atoms with Crippen molar-refractivity contribution in [1.29, 1.82) is 0 Å². The highest BCUT2D eigenvalue weighted by Crippen LogP contribution is 2.17. The molecule has 0 unspecified atom stereocenters. The van der Waals surface area contributed by atoms with Crippen LogP contribution < -0.4 is 5.73 Å². The van der Waals surface area contributed by atoms with Crippen molar-refractivity contribution in [3.63, 3.8) is 0 Å². The lowest BCUT2D eigenvalue weighted by molar-refractivity contribution is 0.167. The summed E-state index contributed by atoms with van der Waals surface area (Å²) in [5.74, 6) is 0. The van der Waals surface area contributed by atoms with Gasteiger partial charge in [0, 0.05) is 24.3 Å². The molecule has 0 amide bonds. The van der Waals surface area contributed by atoms with Gasteiger partial charge in [0.1, 0.15) is 0 Å². The molecule has 1 aromatic rings. The lowest BCUT2D eigenvalue weighted by atomic mass is 10.0. The normalized spacial score (nSPS) is 14.6. The number of imidazole rings is 1. The smallest absolute Gasteiger partial charge is 0.0949 e. The minimum Gasteiger partial charge on any atom is -0.331 e. The standard InChI is InChI=1S/C11H22N4/c1-9(12)10-6-13-8-15(10)7-11(2,3)14(4)5/h6,8-9H,7,12H2,1-5H3/t9-/m0/s1. The minimum absolute atomic E-state index is 0.0328. The van der Waals surface area contributed by atoms with Gasteiger partial charge in [-0.1, -0.05) is 0 Å². The van der Waals surface area contributed by atoms with Gasteiger partial charge in [0.2, 0.25) is 0 Å². The summed E-state index contributed by atoms with van der Waals surface area (Å²) in [7, 11) is 4.17. The number of aromatic nitrogens is 2. The third-order valence-corrected chi connectivity index (χ3v) is 2.98. The van der Waals surface area contributed by atoms with Crippen LogP contribution in [0.4, 0.5) is 0 Å². The van der Waals surface area contributed by atoms with E-state index in [1.807, 2.05) is 19.4 Å². The third-order valence-electron chi connectivity index (χ3n) is 2.98. The van der Waals surface area contributed by atoms with E-state index in [9.17, 15) is 0 Å². The zero-order valence-electron chi connectivity index (χ0n) is 10.4. The molecule has 0 bridgehead atoms. The summed E-state index contributed by atoms with van der Waals surface area (Å²) in [6, 6.07) is 0.0328. The van der Waals surface area contributed by atoms with Crippen LogP contribution in [-0.2, 0) is 6.54 Å². The SMILES string of the molecule is C[C@H](N)c1cncn1CC(C)(C)N(C)C. The Labute approximate surface area is 92.1 Å². The fourth-order valence-corrected chi connectivity index (χ4v) is 1.40. The highest BCUT2D eigenvalue weighted by Gasteiger charge is 2.22. The van der Waals surface area contributed by atoms with Crippen LogP contribution in [0.3, 0.4) is 0 Å². The molecule has 0 saturated carbocycles. The molecule has 0 aliphatic rings. The lowest BCUT2D eigenvalue weighted by Crippen LogP contribution is -2.42. The van der Waals surface area contributed by atoms with E-state index in [4.69, 9.17) is 5.73 Å². The Hall–Kier alpha value is -0.870. The summed E-state index contributed by atoms with van der Waals surface area (Å²) in [5.41, 5.74) is 7.07. The Morgan fingerprint density at radius 1 is 1.53 bits per heavy atom. The predicted molar refractivity (Wildman–Crippen MR) is 62.6 cm³/mol. The van der Waals surface area contributed by atoms with Gasteiger partial charge in [-0.25, -0.2) is 4.98 Å². The number of nitrogens with zero attached hydrogens (tertiary/aromatic N) is 3. The van der Waals surface area contributed by atoms with E-state index in [0.29, 0.717) is 0 Å². The first-order chi connectivity index (χ1) is 6.84. The monoisotopic (exact) mass is 210 g/mol. The average molecular weight is 210 g/mol. The molecule has 0 aromatic carbocycles. The van der Waals surface area contributed by atoms with E-state index < -0.39 is 0 Å². The van der Waals surface area contributed by atoms with E-state index >= 15 is 0 Å². The summed E-state index contributed by atoms with van der Waals surface area (Å²) < 4.78 is 2.13. The Bertz CT molecular complexity index is 312. The van der Waals surface area contributed by atoms with Crippen LogP contribution in [0, 0.1) is 0 Å². The van der Waals surface area contributed by atoms with Crippen LogP contribution in [0.25, 0.3) is 0 Å². The Balaban J connectivity index is 2.85. The van der Waals surface area contributed by atoms with Gasteiger partial charge >= 0.3 is 0 Å². The summed E-state index contributed by atoms with van der Waals surface area (Å²) in [6.45, 7) is 7.29. The van der Waals surface area contributed by atoms with Gasteiger partial charge in [0.25, 0.3) is 0 Å². The van der Waals surface area contributed by atoms with E-state index in [1.165, 1.54) is 0 Å². The second-order valence-corrected chi connectivity index (χ2v) is 4.94. The number of likely N-dealkylation sites (N-methyl/N-ethyl adjacent to an activating group) is 1. The topological polar surface area (TPSA) is 47.1 Å². The maximum absolute atomic E-state index is 5.88. The first-order valence-electron chi connectivity index (χ1n) is 5.27. The molecule has 1 aromatic heterocycles.